The number of hydrogen-bond acceptors (Lipinski definition) is 6. The van der Waals surface area contributed by atoms with Gasteiger partial charge in [0.15, 0.2) is 5.82 Å². The first kappa shape index (κ1) is 13.4. The Morgan fingerprint density at radius 3 is 3.00 bits per heavy atom. The highest BCUT2D eigenvalue weighted by atomic mass is 35.5. The molecule has 0 N–H and O–H groups in total. The molecule has 2 aromatic rings. The molecule has 0 bridgehead atoms. The molecule has 1 aliphatic rings. The Bertz CT molecular complexity index is 730. The van der Waals surface area contributed by atoms with Crippen LogP contribution in [-0.2, 0) is 13.1 Å². The molecule has 2 aromatic heterocycles. The summed E-state index contributed by atoms with van der Waals surface area (Å²) in [5.41, 5.74) is -0.552. The third-order valence-electron chi connectivity index (χ3n) is 3.22. The SMILES string of the molecule is O=C(c1ccnc(Cl)c1[N+](=O)[O-])N1CCn2cnnc2C1. The molecule has 21 heavy (non-hydrogen) atoms. The van der Waals surface area contributed by atoms with Crippen molar-refractivity contribution in [3.63, 3.8) is 0 Å². The second-order valence-electron chi connectivity index (χ2n) is 4.42. The van der Waals surface area contributed by atoms with Crippen LogP contribution in [0.5, 0.6) is 0 Å². The van der Waals surface area contributed by atoms with Crippen LogP contribution in [0.2, 0.25) is 5.15 Å². The van der Waals surface area contributed by atoms with Gasteiger partial charge in [0.25, 0.3) is 5.91 Å². The van der Waals surface area contributed by atoms with E-state index in [0.717, 1.165) is 0 Å². The zero-order valence-electron chi connectivity index (χ0n) is 10.6. The molecule has 0 atom stereocenters. The van der Waals surface area contributed by atoms with Crippen LogP contribution in [0.15, 0.2) is 18.6 Å². The summed E-state index contributed by atoms with van der Waals surface area (Å²) in [6.07, 6.45) is 2.86. The van der Waals surface area contributed by atoms with Crippen molar-refractivity contribution in [2.75, 3.05) is 6.54 Å². The number of carbonyl (C=O) groups excluding carboxylic acids is 1. The Morgan fingerprint density at radius 2 is 2.24 bits per heavy atom. The van der Waals surface area contributed by atoms with Gasteiger partial charge < -0.3 is 9.47 Å². The fourth-order valence-electron chi connectivity index (χ4n) is 2.18. The predicted molar refractivity (Wildman–Crippen MR) is 70.7 cm³/mol. The fourth-order valence-corrected chi connectivity index (χ4v) is 2.41. The van der Waals surface area contributed by atoms with E-state index >= 15 is 0 Å². The van der Waals surface area contributed by atoms with E-state index in [9.17, 15) is 14.9 Å². The van der Waals surface area contributed by atoms with Crippen LogP contribution in [0.4, 0.5) is 5.69 Å². The van der Waals surface area contributed by atoms with E-state index in [-0.39, 0.29) is 17.3 Å². The van der Waals surface area contributed by atoms with Crippen LogP contribution < -0.4 is 0 Å². The van der Waals surface area contributed by atoms with Crippen molar-refractivity contribution >= 4 is 23.2 Å². The van der Waals surface area contributed by atoms with Gasteiger partial charge in [0.1, 0.15) is 11.9 Å². The Morgan fingerprint density at radius 1 is 1.43 bits per heavy atom. The summed E-state index contributed by atoms with van der Waals surface area (Å²) in [6.45, 7) is 1.21. The van der Waals surface area contributed by atoms with Crippen molar-refractivity contribution in [2.45, 2.75) is 13.1 Å². The summed E-state index contributed by atoms with van der Waals surface area (Å²) in [7, 11) is 0. The normalized spacial score (nSPS) is 13.9. The molecule has 0 saturated heterocycles. The van der Waals surface area contributed by atoms with Crippen molar-refractivity contribution < 1.29 is 9.72 Å². The van der Waals surface area contributed by atoms with Crippen molar-refractivity contribution in [3.05, 3.63) is 45.2 Å². The smallest absolute Gasteiger partial charge is 0.319 e. The van der Waals surface area contributed by atoms with Crippen LogP contribution in [0.1, 0.15) is 16.2 Å². The molecular formula is C11H9ClN6O3. The monoisotopic (exact) mass is 308 g/mol. The number of nitrogens with zero attached hydrogens (tertiary/aromatic N) is 6. The van der Waals surface area contributed by atoms with Crippen molar-refractivity contribution in [3.8, 4) is 0 Å². The van der Waals surface area contributed by atoms with E-state index in [4.69, 9.17) is 11.6 Å². The molecule has 0 fully saturated rings. The number of nitro groups is 1. The van der Waals surface area contributed by atoms with E-state index in [0.29, 0.717) is 18.9 Å². The molecule has 0 unspecified atom stereocenters. The summed E-state index contributed by atoms with van der Waals surface area (Å²) in [4.78, 5) is 28.0. The maximum atomic E-state index is 12.5. The minimum absolute atomic E-state index is 0.0760. The van der Waals surface area contributed by atoms with Crippen LogP contribution in [0.3, 0.4) is 0 Å². The van der Waals surface area contributed by atoms with E-state index in [1.165, 1.54) is 17.2 Å². The molecule has 3 heterocycles. The van der Waals surface area contributed by atoms with Gasteiger partial charge in [-0.1, -0.05) is 11.6 Å². The summed E-state index contributed by atoms with van der Waals surface area (Å²) in [5.74, 6) is 0.164. The minimum Gasteiger partial charge on any atom is -0.329 e. The standard InChI is InChI=1S/C11H9ClN6O3/c12-10-9(18(20)21)7(1-2-13-10)11(19)16-3-4-17-6-14-15-8(17)5-16/h1-2,6H,3-5H2. The Kier molecular flexibility index (Phi) is 3.26. The van der Waals surface area contributed by atoms with E-state index in [1.807, 2.05) is 4.57 Å². The molecule has 0 spiro atoms. The lowest BCUT2D eigenvalue weighted by Crippen LogP contribution is -2.38. The summed E-state index contributed by atoms with van der Waals surface area (Å²) in [5, 5.41) is 18.4. The van der Waals surface area contributed by atoms with Crippen molar-refractivity contribution in [1.82, 2.24) is 24.6 Å². The molecule has 0 radical (unpaired) electrons. The second kappa shape index (κ2) is 5.09. The van der Waals surface area contributed by atoms with Crippen LogP contribution in [0.25, 0.3) is 0 Å². The van der Waals surface area contributed by atoms with Gasteiger partial charge in [0, 0.05) is 19.3 Å². The minimum atomic E-state index is -0.699. The van der Waals surface area contributed by atoms with Crippen molar-refractivity contribution in [2.24, 2.45) is 0 Å². The molecule has 0 saturated carbocycles. The topological polar surface area (TPSA) is 107 Å². The molecular weight excluding hydrogens is 300 g/mol. The highest BCUT2D eigenvalue weighted by molar-refractivity contribution is 6.32. The van der Waals surface area contributed by atoms with Crippen molar-refractivity contribution in [1.29, 1.82) is 0 Å². The average molecular weight is 309 g/mol. The lowest BCUT2D eigenvalue weighted by molar-refractivity contribution is -0.385. The van der Waals surface area contributed by atoms with Gasteiger partial charge in [-0.2, -0.15) is 0 Å². The van der Waals surface area contributed by atoms with Crippen LogP contribution in [-0.4, -0.2) is 42.0 Å². The van der Waals surface area contributed by atoms with Gasteiger partial charge in [-0.05, 0) is 6.07 Å². The number of aromatic nitrogens is 4. The highest BCUT2D eigenvalue weighted by Gasteiger charge is 2.30. The quantitative estimate of drug-likeness (QED) is 0.463. The molecule has 9 nitrogen and oxygen atoms in total. The number of carbonyl (C=O) groups is 1. The summed E-state index contributed by atoms with van der Waals surface area (Å²) < 4.78 is 1.83. The predicted octanol–water partition coefficient (Wildman–Crippen LogP) is 0.891. The third-order valence-corrected chi connectivity index (χ3v) is 3.50. The molecule has 3 rings (SSSR count). The zero-order chi connectivity index (χ0) is 15.0. The Labute approximate surface area is 123 Å². The summed E-state index contributed by atoms with van der Waals surface area (Å²) in [6, 6.07) is 1.30. The van der Waals surface area contributed by atoms with Gasteiger partial charge >= 0.3 is 5.69 Å². The molecule has 10 heteroatoms. The molecule has 108 valence electrons. The average Bonchev–Trinajstić information content (AvgIpc) is 2.93. The van der Waals surface area contributed by atoms with E-state index in [2.05, 4.69) is 15.2 Å². The van der Waals surface area contributed by atoms with Gasteiger partial charge in [-0.25, -0.2) is 4.98 Å². The maximum Gasteiger partial charge on any atom is 0.319 e. The highest BCUT2D eigenvalue weighted by Crippen LogP contribution is 2.27. The lowest BCUT2D eigenvalue weighted by Gasteiger charge is -2.26. The first-order valence-corrected chi connectivity index (χ1v) is 6.40. The number of rotatable bonds is 2. The Balaban J connectivity index is 1.94. The van der Waals surface area contributed by atoms with Gasteiger partial charge in [0.2, 0.25) is 5.15 Å². The first-order valence-electron chi connectivity index (χ1n) is 6.03. The van der Waals surface area contributed by atoms with E-state index < -0.39 is 16.5 Å². The number of amides is 1. The summed E-state index contributed by atoms with van der Waals surface area (Å²) >= 11 is 5.72. The first-order chi connectivity index (χ1) is 10.1. The number of pyridine rings is 1. The van der Waals surface area contributed by atoms with Crippen LogP contribution in [0, 0.1) is 10.1 Å². The molecule has 1 aliphatic heterocycles. The Hall–Kier alpha value is -2.55. The molecule has 1 amide bonds. The molecule has 0 aliphatic carbocycles. The van der Waals surface area contributed by atoms with Gasteiger partial charge in [-0.3, -0.25) is 14.9 Å². The van der Waals surface area contributed by atoms with Crippen LogP contribution >= 0.6 is 11.6 Å². The number of halogens is 1. The zero-order valence-corrected chi connectivity index (χ0v) is 11.4. The largest absolute Gasteiger partial charge is 0.329 e. The second-order valence-corrected chi connectivity index (χ2v) is 4.78. The van der Waals surface area contributed by atoms with E-state index in [1.54, 1.807) is 6.33 Å². The van der Waals surface area contributed by atoms with Gasteiger partial charge in [-0.15, -0.1) is 10.2 Å². The lowest BCUT2D eigenvalue weighted by atomic mass is 10.2. The number of fused-ring (bicyclic) bond motifs is 1. The number of hydrogen-bond donors (Lipinski definition) is 0. The van der Waals surface area contributed by atoms with Gasteiger partial charge in [0.05, 0.1) is 11.5 Å². The molecule has 0 aromatic carbocycles. The third kappa shape index (κ3) is 2.31. The maximum absolute atomic E-state index is 12.5. The fraction of sp³-hybridized carbons (Fsp3) is 0.273.